The molecule has 0 aliphatic rings. The van der Waals surface area contributed by atoms with E-state index in [1.165, 1.54) is 12.1 Å². The van der Waals surface area contributed by atoms with E-state index in [-0.39, 0.29) is 10.9 Å². The van der Waals surface area contributed by atoms with Crippen molar-refractivity contribution in [2.75, 3.05) is 17.2 Å². The summed E-state index contributed by atoms with van der Waals surface area (Å²) in [5.41, 5.74) is 1.17. The Morgan fingerprint density at radius 1 is 1.26 bits per heavy atom. The molecule has 0 heterocycles. The molecule has 2 aromatic rings. The molecule has 0 saturated carbocycles. The Balaban J connectivity index is 1.96. The lowest BCUT2D eigenvalue weighted by Gasteiger charge is -2.16. The number of benzene rings is 2. The smallest absolute Gasteiger partial charge is 0.246 e. The van der Waals surface area contributed by atoms with Crippen LogP contribution in [-0.2, 0) is 4.79 Å². The van der Waals surface area contributed by atoms with Crippen LogP contribution in [0.1, 0.15) is 13.8 Å². The number of amides is 1. The normalized spacial score (nSPS) is 11.7. The van der Waals surface area contributed by atoms with Crippen molar-refractivity contribution >= 4 is 28.9 Å². The number of carbonyl (C=O) groups is 1. The maximum Gasteiger partial charge on any atom is 0.246 e. The van der Waals surface area contributed by atoms with Gasteiger partial charge in [-0.05, 0) is 56.3 Å². The quantitative estimate of drug-likeness (QED) is 0.826. The molecule has 0 aliphatic carbocycles. The highest BCUT2D eigenvalue weighted by Crippen LogP contribution is 2.23. The summed E-state index contributed by atoms with van der Waals surface area (Å²) in [7, 11) is 0. The minimum Gasteiger partial charge on any atom is -0.494 e. The maximum absolute atomic E-state index is 13.0. The van der Waals surface area contributed by atoms with Gasteiger partial charge in [0.2, 0.25) is 5.91 Å². The largest absolute Gasteiger partial charge is 0.494 e. The maximum atomic E-state index is 13.0. The monoisotopic (exact) mass is 336 g/mol. The third-order valence-corrected chi connectivity index (χ3v) is 3.44. The Bertz CT molecular complexity index is 677. The van der Waals surface area contributed by atoms with E-state index in [9.17, 15) is 9.18 Å². The van der Waals surface area contributed by atoms with Gasteiger partial charge in [0.15, 0.2) is 0 Å². The molecule has 0 fully saturated rings. The van der Waals surface area contributed by atoms with Gasteiger partial charge < -0.3 is 15.4 Å². The van der Waals surface area contributed by atoms with Gasteiger partial charge in [0.05, 0.1) is 17.3 Å². The van der Waals surface area contributed by atoms with Gasteiger partial charge in [-0.3, -0.25) is 4.79 Å². The van der Waals surface area contributed by atoms with Crippen molar-refractivity contribution in [2.24, 2.45) is 0 Å². The van der Waals surface area contributed by atoms with E-state index in [2.05, 4.69) is 10.6 Å². The first-order chi connectivity index (χ1) is 11.0. The molecule has 2 aromatic carbocycles. The third kappa shape index (κ3) is 4.86. The highest BCUT2D eigenvalue weighted by molar-refractivity contribution is 6.33. The zero-order valence-corrected chi connectivity index (χ0v) is 13.7. The van der Waals surface area contributed by atoms with Crippen LogP contribution in [-0.4, -0.2) is 18.6 Å². The summed E-state index contributed by atoms with van der Waals surface area (Å²) in [5, 5.41) is 5.90. The van der Waals surface area contributed by atoms with E-state index in [1.807, 2.05) is 31.2 Å². The van der Waals surface area contributed by atoms with Gasteiger partial charge >= 0.3 is 0 Å². The molecule has 23 heavy (non-hydrogen) atoms. The first kappa shape index (κ1) is 17.1. The van der Waals surface area contributed by atoms with Crippen LogP contribution in [0.15, 0.2) is 42.5 Å². The SMILES string of the molecule is CCOc1ccc(NC(C)C(=O)Nc2ccc(F)cc2Cl)cc1. The molecule has 2 rings (SSSR count). The Morgan fingerprint density at radius 3 is 2.57 bits per heavy atom. The summed E-state index contributed by atoms with van der Waals surface area (Å²) < 4.78 is 18.4. The van der Waals surface area contributed by atoms with Crippen molar-refractivity contribution in [1.29, 1.82) is 0 Å². The van der Waals surface area contributed by atoms with Crippen LogP contribution in [0.2, 0.25) is 5.02 Å². The molecule has 0 bridgehead atoms. The van der Waals surface area contributed by atoms with Crippen LogP contribution in [0.4, 0.5) is 15.8 Å². The van der Waals surface area contributed by atoms with Gasteiger partial charge in [-0.25, -0.2) is 4.39 Å². The van der Waals surface area contributed by atoms with Crippen molar-refractivity contribution in [3.8, 4) is 5.75 Å². The summed E-state index contributed by atoms with van der Waals surface area (Å²) in [6.07, 6.45) is 0. The second-order valence-electron chi connectivity index (χ2n) is 4.94. The Hall–Kier alpha value is -2.27. The zero-order chi connectivity index (χ0) is 16.8. The molecule has 1 unspecified atom stereocenters. The van der Waals surface area contributed by atoms with Gasteiger partial charge in [0, 0.05) is 5.69 Å². The first-order valence-corrected chi connectivity index (χ1v) is 7.62. The molecule has 2 N–H and O–H groups in total. The summed E-state index contributed by atoms with van der Waals surface area (Å²) in [6, 6.07) is 10.7. The highest BCUT2D eigenvalue weighted by Gasteiger charge is 2.14. The summed E-state index contributed by atoms with van der Waals surface area (Å²) >= 11 is 5.90. The number of halogens is 2. The van der Waals surface area contributed by atoms with Gasteiger partial charge in [-0.15, -0.1) is 0 Å². The van der Waals surface area contributed by atoms with Gasteiger partial charge in [0.25, 0.3) is 0 Å². The van der Waals surface area contributed by atoms with Crippen LogP contribution < -0.4 is 15.4 Å². The zero-order valence-electron chi connectivity index (χ0n) is 12.9. The summed E-state index contributed by atoms with van der Waals surface area (Å²) in [6.45, 7) is 4.24. The fourth-order valence-corrected chi connectivity index (χ4v) is 2.18. The molecule has 4 nitrogen and oxygen atoms in total. The molecule has 122 valence electrons. The second kappa shape index (κ2) is 7.83. The summed E-state index contributed by atoms with van der Waals surface area (Å²) in [4.78, 5) is 12.2. The molecule has 0 aliphatic heterocycles. The Labute approximate surface area is 139 Å². The van der Waals surface area contributed by atoms with Crippen molar-refractivity contribution in [1.82, 2.24) is 0 Å². The molecule has 1 atom stereocenters. The van der Waals surface area contributed by atoms with Crippen LogP contribution in [0.3, 0.4) is 0 Å². The van der Waals surface area contributed by atoms with Crippen LogP contribution in [0.25, 0.3) is 0 Å². The van der Waals surface area contributed by atoms with Crippen LogP contribution in [0, 0.1) is 5.82 Å². The minimum atomic E-state index is -0.492. The number of anilines is 2. The molecule has 0 spiro atoms. The molecule has 0 saturated heterocycles. The topological polar surface area (TPSA) is 50.4 Å². The molecule has 0 radical (unpaired) electrons. The van der Waals surface area contributed by atoms with Gasteiger partial charge in [0.1, 0.15) is 17.6 Å². The predicted octanol–water partition coefficient (Wildman–Crippen LogP) is 4.32. The molecular formula is C17H18ClFN2O2. The van der Waals surface area contributed by atoms with Crippen molar-refractivity contribution in [3.63, 3.8) is 0 Å². The van der Waals surface area contributed by atoms with E-state index in [4.69, 9.17) is 16.3 Å². The fraction of sp³-hybridized carbons (Fsp3) is 0.235. The third-order valence-electron chi connectivity index (χ3n) is 3.13. The number of hydrogen-bond donors (Lipinski definition) is 2. The molecular weight excluding hydrogens is 319 g/mol. The van der Waals surface area contributed by atoms with Crippen molar-refractivity contribution in [2.45, 2.75) is 19.9 Å². The van der Waals surface area contributed by atoms with Crippen LogP contribution in [0.5, 0.6) is 5.75 Å². The highest BCUT2D eigenvalue weighted by atomic mass is 35.5. The van der Waals surface area contributed by atoms with Gasteiger partial charge in [-0.1, -0.05) is 11.6 Å². The van der Waals surface area contributed by atoms with E-state index >= 15 is 0 Å². The van der Waals surface area contributed by atoms with E-state index in [0.29, 0.717) is 12.3 Å². The molecule has 6 heteroatoms. The second-order valence-corrected chi connectivity index (χ2v) is 5.34. The predicted molar refractivity (Wildman–Crippen MR) is 90.7 cm³/mol. The number of carbonyl (C=O) groups excluding carboxylic acids is 1. The number of hydrogen-bond acceptors (Lipinski definition) is 3. The molecule has 1 amide bonds. The van der Waals surface area contributed by atoms with Crippen molar-refractivity contribution < 1.29 is 13.9 Å². The van der Waals surface area contributed by atoms with E-state index in [0.717, 1.165) is 17.5 Å². The average molecular weight is 337 g/mol. The Kier molecular flexibility index (Phi) is 5.82. The lowest BCUT2D eigenvalue weighted by molar-refractivity contribution is -0.116. The number of nitrogens with one attached hydrogen (secondary N) is 2. The van der Waals surface area contributed by atoms with Gasteiger partial charge in [-0.2, -0.15) is 0 Å². The molecule has 0 aromatic heterocycles. The fourth-order valence-electron chi connectivity index (χ4n) is 1.96. The average Bonchev–Trinajstić information content (AvgIpc) is 2.52. The minimum absolute atomic E-state index is 0.159. The number of rotatable bonds is 6. The van der Waals surface area contributed by atoms with Crippen molar-refractivity contribution in [3.05, 3.63) is 53.3 Å². The van der Waals surface area contributed by atoms with E-state index < -0.39 is 11.9 Å². The standard InChI is InChI=1S/C17H18ClFN2O2/c1-3-23-14-7-5-13(6-8-14)20-11(2)17(22)21-16-9-4-12(19)10-15(16)18/h4-11,20H,3H2,1-2H3,(H,21,22). The summed E-state index contributed by atoms with van der Waals surface area (Å²) in [5.74, 6) is 0.0502. The van der Waals surface area contributed by atoms with E-state index in [1.54, 1.807) is 6.92 Å². The lowest BCUT2D eigenvalue weighted by atomic mass is 10.2. The Morgan fingerprint density at radius 2 is 1.96 bits per heavy atom. The number of ether oxygens (including phenoxy) is 1. The first-order valence-electron chi connectivity index (χ1n) is 7.25. The lowest BCUT2D eigenvalue weighted by Crippen LogP contribution is -2.31. The van der Waals surface area contributed by atoms with Crippen LogP contribution >= 0.6 is 11.6 Å².